The number of methoxy groups -OCH3 is 1. The molecule has 0 unspecified atom stereocenters. The lowest BCUT2D eigenvalue weighted by molar-refractivity contribution is 0.102. The second-order valence-electron chi connectivity index (χ2n) is 7.73. The van der Waals surface area contributed by atoms with Gasteiger partial charge in [-0.25, -0.2) is 0 Å². The number of carbonyl (C=O) groups is 1. The fraction of sp³-hybridized carbons (Fsp3) is 0.154. The van der Waals surface area contributed by atoms with Gasteiger partial charge in [0.15, 0.2) is 5.82 Å². The Balaban J connectivity index is 1.46. The number of hydrogen-bond donors (Lipinski definition) is 1. The van der Waals surface area contributed by atoms with E-state index in [1.165, 1.54) is 5.56 Å². The van der Waals surface area contributed by atoms with Crippen LogP contribution >= 0.6 is 27.5 Å². The molecule has 0 atom stereocenters. The van der Waals surface area contributed by atoms with Crippen LogP contribution in [-0.2, 0) is 13.2 Å². The third-order valence-corrected chi connectivity index (χ3v) is 6.00. The molecule has 1 N–H and O–H groups in total. The molecular formula is C26H23BrClN3O3. The van der Waals surface area contributed by atoms with Crippen molar-refractivity contribution in [3.05, 3.63) is 105 Å². The second kappa shape index (κ2) is 10.8. The lowest BCUT2D eigenvalue weighted by Crippen LogP contribution is -2.14. The Morgan fingerprint density at radius 1 is 1.09 bits per heavy atom. The van der Waals surface area contributed by atoms with Crippen molar-refractivity contribution in [2.24, 2.45) is 0 Å². The summed E-state index contributed by atoms with van der Waals surface area (Å²) in [4.78, 5) is 13.0. The predicted octanol–water partition coefficient (Wildman–Crippen LogP) is 6.50. The van der Waals surface area contributed by atoms with Crippen molar-refractivity contribution in [3.63, 3.8) is 0 Å². The molecule has 34 heavy (non-hydrogen) atoms. The van der Waals surface area contributed by atoms with Crippen molar-refractivity contribution in [2.45, 2.75) is 20.1 Å². The summed E-state index contributed by atoms with van der Waals surface area (Å²) >= 11 is 9.42. The largest absolute Gasteiger partial charge is 0.496 e. The molecule has 174 valence electrons. The number of carbonyl (C=O) groups excluding carboxylic acids is 1. The summed E-state index contributed by atoms with van der Waals surface area (Å²) in [6, 6.07) is 20.6. The van der Waals surface area contributed by atoms with Gasteiger partial charge in [0.1, 0.15) is 18.1 Å². The van der Waals surface area contributed by atoms with E-state index in [-0.39, 0.29) is 12.5 Å². The fourth-order valence-electron chi connectivity index (χ4n) is 3.35. The average molecular weight is 541 g/mol. The SMILES string of the molecule is COc1ccc(C(=O)Nc2nn(Cc3ccc(C)cc3)cc2Br)cc1COc1ccc(Cl)cc1. The molecule has 0 aliphatic heterocycles. The molecule has 0 saturated heterocycles. The lowest BCUT2D eigenvalue weighted by atomic mass is 10.1. The van der Waals surface area contributed by atoms with E-state index in [0.29, 0.717) is 38.9 Å². The van der Waals surface area contributed by atoms with E-state index in [1.807, 2.05) is 6.20 Å². The van der Waals surface area contributed by atoms with E-state index in [4.69, 9.17) is 21.1 Å². The van der Waals surface area contributed by atoms with Gasteiger partial charge in [-0.15, -0.1) is 0 Å². The third kappa shape index (κ3) is 5.98. The molecule has 0 aliphatic carbocycles. The van der Waals surface area contributed by atoms with Crippen LogP contribution in [0.4, 0.5) is 5.82 Å². The zero-order chi connectivity index (χ0) is 24.1. The number of hydrogen-bond acceptors (Lipinski definition) is 4. The number of benzene rings is 3. The van der Waals surface area contributed by atoms with Crippen LogP contribution in [0.3, 0.4) is 0 Å². The molecule has 0 spiro atoms. The van der Waals surface area contributed by atoms with Crippen molar-refractivity contribution < 1.29 is 14.3 Å². The molecule has 6 nitrogen and oxygen atoms in total. The normalized spacial score (nSPS) is 10.7. The highest BCUT2D eigenvalue weighted by atomic mass is 79.9. The zero-order valence-electron chi connectivity index (χ0n) is 18.7. The van der Waals surface area contributed by atoms with Gasteiger partial charge < -0.3 is 14.8 Å². The molecule has 1 amide bonds. The summed E-state index contributed by atoms with van der Waals surface area (Å²) in [5.74, 6) is 1.47. The van der Waals surface area contributed by atoms with Crippen LogP contribution in [0.5, 0.6) is 11.5 Å². The topological polar surface area (TPSA) is 65.4 Å². The van der Waals surface area contributed by atoms with Crippen LogP contribution in [0.2, 0.25) is 5.02 Å². The minimum absolute atomic E-state index is 0.237. The molecule has 3 aromatic carbocycles. The zero-order valence-corrected chi connectivity index (χ0v) is 21.1. The maximum absolute atomic E-state index is 13.0. The molecule has 1 aromatic heterocycles. The number of rotatable bonds is 8. The Labute approximate surface area is 211 Å². The molecule has 0 aliphatic rings. The van der Waals surface area contributed by atoms with Gasteiger partial charge in [0.25, 0.3) is 5.91 Å². The van der Waals surface area contributed by atoms with Gasteiger partial charge >= 0.3 is 0 Å². The number of anilines is 1. The van der Waals surface area contributed by atoms with Crippen molar-refractivity contribution in [2.75, 3.05) is 12.4 Å². The number of nitrogens with one attached hydrogen (secondary N) is 1. The Bertz CT molecular complexity index is 1290. The summed E-state index contributed by atoms with van der Waals surface area (Å²) in [5, 5.41) is 8.02. The average Bonchev–Trinajstić information content (AvgIpc) is 3.18. The summed E-state index contributed by atoms with van der Waals surface area (Å²) in [5.41, 5.74) is 3.54. The highest BCUT2D eigenvalue weighted by Gasteiger charge is 2.15. The molecule has 8 heteroatoms. The number of halogens is 2. The smallest absolute Gasteiger partial charge is 0.256 e. The molecule has 0 saturated carbocycles. The molecule has 0 fully saturated rings. The molecular weight excluding hydrogens is 518 g/mol. The molecule has 4 aromatic rings. The van der Waals surface area contributed by atoms with Gasteiger partial charge in [-0.05, 0) is 70.9 Å². The van der Waals surface area contributed by atoms with Crippen LogP contribution in [0, 0.1) is 6.92 Å². The van der Waals surface area contributed by atoms with E-state index in [0.717, 1.165) is 11.1 Å². The number of aryl methyl sites for hydroxylation is 1. The fourth-order valence-corrected chi connectivity index (χ4v) is 3.89. The van der Waals surface area contributed by atoms with Gasteiger partial charge in [0, 0.05) is 22.3 Å². The van der Waals surface area contributed by atoms with Gasteiger partial charge in [-0.3, -0.25) is 9.48 Å². The van der Waals surface area contributed by atoms with Crippen molar-refractivity contribution in [1.29, 1.82) is 0 Å². The first kappa shape index (κ1) is 23.9. The van der Waals surface area contributed by atoms with E-state index >= 15 is 0 Å². The number of nitrogens with zero attached hydrogens (tertiary/aromatic N) is 2. The number of aromatic nitrogens is 2. The van der Waals surface area contributed by atoms with Gasteiger partial charge in [0.05, 0.1) is 18.1 Å². The Hall–Kier alpha value is -3.29. The summed E-state index contributed by atoms with van der Waals surface area (Å²) in [6.07, 6.45) is 1.84. The highest BCUT2D eigenvalue weighted by Crippen LogP contribution is 2.25. The van der Waals surface area contributed by atoms with E-state index in [9.17, 15) is 4.79 Å². The molecule has 1 heterocycles. The van der Waals surface area contributed by atoms with Gasteiger partial charge in [-0.1, -0.05) is 41.4 Å². The highest BCUT2D eigenvalue weighted by molar-refractivity contribution is 9.10. The number of amides is 1. The Morgan fingerprint density at radius 3 is 2.53 bits per heavy atom. The molecule has 4 rings (SSSR count). The van der Waals surface area contributed by atoms with E-state index in [2.05, 4.69) is 57.5 Å². The Kier molecular flexibility index (Phi) is 7.55. The quantitative estimate of drug-likeness (QED) is 0.277. The van der Waals surface area contributed by atoms with Crippen LogP contribution in [-0.4, -0.2) is 22.8 Å². The monoisotopic (exact) mass is 539 g/mol. The van der Waals surface area contributed by atoms with Crippen LogP contribution in [0.25, 0.3) is 0 Å². The maximum Gasteiger partial charge on any atom is 0.256 e. The minimum Gasteiger partial charge on any atom is -0.496 e. The molecule has 0 radical (unpaired) electrons. The van der Waals surface area contributed by atoms with Gasteiger partial charge in [-0.2, -0.15) is 5.10 Å². The first-order valence-corrected chi connectivity index (χ1v) is 11.7. The van der Waals surface area contributed by atoms with Crippen molar-refractivity contribution in [3.8, 4) is 11.5 Å². The maximum atomic E-state index is 13.0. The van der Waals surface area contributed by atoms with Crippen molar-refractivity contribution >= 4 is 39.3 Å². The number of ether oxygens (including phenoxy) is 2. The lowest BCUT2D eigenvalue weighted by Gasteiger charge is -2.12. The van der Waals surface area contributed by atoms with Crippen LogP contribution in [0.15, 0.2) is 77.4 Å². The van der Waals surface area contributed by atoms with E-state index in [1.54, 1.807) is 54.3 Å². The van der Waals surface area contributed by atoms with E-state index < -0.39 is 0 Å². The minimum atomic E-state index is -0.281. The standard InChI is InChI=1S/C26H23BrClN3O3/c1-17-3-5-18(6-4-17)14-31-15-23(27)25(30-31)29-26(32)19-7-12-24(33-2)20(13-19)16-34-22-10-8-21(28)9-11-22/h3-13,15H,14,16H2,1-2H3,(H,29,30,32). The van der Waals surface area contributed by atoms with Crippen molar-refractivity contribution in [1.82, 2.24) is 9.78 Å². The predicted molar refractivity (Wildman–Crippen MR) is 137 cm³/mol. The second-order valence-corrected chi connectivity index (χ2v) is 9.02. The first-order chi connectivity index (χ1) is 16.4. The Morgan fingerprint density at radius 2 is 1.82 bits per heavy atom. The summed E-state index contributed by atoms with van der Waals surface area (Å²) < 4.78 is 13.8. The van der Waals surface area contributed by atoms with Crippen LogP contribution in [0.1, 0.15) is 27.0 Å². The van der Waals surface area contributed by atoms with Crippen LogP contribution < -0.4 is 14.8 Å². The summed E-state index contributed by atoms with van der Waals surface area (Å²) in [6.45, 7) is 2.89. The molecule has 0 bridgehead atoms. The first-order valence-electron chi connectivity index (χ1n) is 10.6. The van der Waals surface area contributed by atoms with Gasteiger partial charge in [0.2, 0.25) is 0 Å². The summed E-state index contributed by atoms with van der Waals surface area (Å²) in [7, 11) is 1.58. The third-order valence-electron chi connectivity index (χ3n) is 5.16.